The molecule has 1 aliphatic heterocycles. The van der Waals surface area contributed by atoms with Crippen LogP contribution in [0.5, 0.6) is 0 Å². The average molecular weight is 207 g/mol. The highest BCUT2D eigenvalue weighted by Crippen LogP contribution is 2.41. The summed E-state index contributed by atoms with van der Waals surface area (Å²) in [7, 11) is 4.65. The predicted molar refractivity (Wildman–Crippen MR) is 55.5 cm³/mol. The molecule has 1 amide bonds. The number of para-hydroxylation sites is 1. The van der Waals surface area contributed by atoms with Crippen molar-refractivity contribution < 1.29 is 14.3 Å². The van der Waals surface area contributed by atoms with Gasteiger partial charge in [-0.05, 0) is 6.07 Å². The lowest BCUT2D eigenvalue weighted by molar-refractivity contribution is -0.208. The van der Waals surface area contributed by atoms with Gasteiger partial charge in [-0.3, -0.25) is 4.79 Å². The molecule has 0 saturated carbocycles. The highest BCUT2D eigenvalue weighted by Gasteiger charge is 2.51. The Bertz CT molecular complexity index is 399. The fourth-order valence-corrected chi connectivity index (χ4v) is 1.97. The summed E-state index contributed by atoms with van der Waals surface area (Å²) in [6, 6.07) is 7.44. The summed E-state index contributed by atoms with van der Waals surface area (Å²) >= 11 is 0. The predicted octanol–water partition coefficient (Wildman–Crippen LogP) is 1.11. The maximum Gasteiger partial charge on any atom is 0.292 e. The molecule has 0 bridgehead atoms. The molecular formula is C11H13NO3. The van der Waals surface area contributed by atoms with E-state index in [-0.39, 0.29) is 5.91 Å². The van der Waals surface area contributed by atoms with Crippen molar-refractivity contribution in [1.82, 2.24) is 0 Å². The molecule has 0 N–H and O–H groups in total. The summed E-state index contributed by atoms with van der Waals surface area (Å²) in [4.78, 5) is 13.6. The van der Waals surface area contributed by atoms with Crippen molar-refractivity contribution in [3.05, 3.63) is 29.8 Å². The molecule has 4 nitrogen and oxygen atoms in total. The number of nitrogens with zero attached hydrogens (tertiary/aromatic N) is 1. The zero-order chi connectivity index (χ0) is 11.1. The maximum atomic E-state index is 12.0. The second-order valence-electron chi connectivity index (χ2n) is 3.41. The SMILES string of the molecule is COC1(OC)C(=O)N(C)c2ccccc21. The first-order valence-corrected chi connectivity index (χ1v) is 4.65. The molecule has 2 rings (SSSR count). The molecular weight excluding hydrogens is 194 g/mol. The van der Waals surface area contributed by atoms with E-state index >= 15 is 0 Å². The third-order valence-electron chi connectivity index (χ3n) is 2.78. The number of rotatable bonds is 2. The maximum absolute atomic E-state index is 12.0. The van der Waals surface area contributed by atoms with Crippen LogP contribution in [0.25, 0.3) is 0 Å². The highest BCUT2D eigenvalue weighted by molar-refractivity contribution is 6.05. The van der Waals surface area contributed by atoms with Gasteiger partial charge in [0.05, 0.1) is 5.69 Å². The minimum Gasteiger partial charge on any atom is -0.342 e. The first kappa shape index (κ1) is 10.1. The van der Waals surface area contributed by atoms with E-state index in [4.69, 9.17) is 9.47 Å². The van der Waals surface area contributed by atoms with E-state index in [1.807, 2.05) is 24.3 Å². The normalized spacial score (nSPS) is 18.1. The van der Waals surface area contributed by atoms with Gasteiger partial charge in [0, 0.05) is 26.8 Å². The Morgan fingerprint density at radius 1 is 1.20 bits per heavy atom. The van der Waals surface area contributed by atoms with Gasteiger partial charge in [0.1, 0.15) is 0 Å². The third-order valence-corrected chi connectivity index (χ3v) is 2.78. The van der Waals surface area contributed by atoms with Crippen LogP contribution in [-0.2, 0) is 20.1 Å². The van der Waals surface area contributed by atoms with Crippen LogP contribution in [0.15, 0.2) is 24.3 Å². The second kappa shape index (κ2) is 3.32. The van der Waals surface area contributed by atoms with Crippen LogP contribution in [0, 0.1) is 0 Å². The van der Waals surface area contributed by atoms with Crippen molar-refractivity contribution in [1.29, 1.82) is 0 Å². The molecule has 0 fully saturated rings. The van der Waals surface area contributed by atoms with Gasteiger partial charge >= 0.3 is 0 Å². The molecule has 4 heteroatoms. The van der Waals surface area contributed by atoms with Gasteiger partial charge in [0.2, 0.25) is 0 Å². The number of carbonyl (C=O) groups excluding carboxylic acids is 1. The summed E-state index contributed by atoms with van der Waals surface area (Å²) < 4.78 is 10.5. The summed E-state index contributed by atoms with van der Waals surface area (Å²) in [6.45, 7) is 0. The number of likely N-dealkylation sites (N-methyl/N-ethyl adjacent to an activating group) is 1. The Hall–Kier alpha value is -1.39. The number of carbonyl (C=O) groups is 1. The zero-order valence-corrected chi connectivity index (χ0v) is 8.98. The molecule has 0 spiro atoms. The van der Waals surface area contributed by atoms with Gasteiger partial charge in [-0.15, -0.1) is 0 Å². The topological polar surface area (TPSA) is 38.8 Å². The number of fused-ring (bicyclic) bond motifs is 1. The largest absolute Gasteiger partial charge is 0.342 e. The Labute approximate surface area is 88.4 Å². The first-order chi connectivity index (χ1) is 7.17. The molecule has 0 saturated heterocycles. The molecule has 1 aromatic rings. The van der Waals surface area contributed by atoms with E-state index in [0.29, 0.717) is 0 Å². The van der Waals surface area contributed by atoms with Gasteiger partial charge < -0.3 is 14.4 Å². The molecule has 1 aliphatic rings. The van der Waals surface area contributed by atoms with E-state index in [1.165, 1.54) is 14.2 Å². The fourth-order valence-electron chi connectivity index (χ4n) is 1.97. The smallest absolute Gasteiger partial charge is 0.292 e. The van der Waals surface area contributed by atoms with Crippen molar-refractivity contribution in [2.75, 3.05) is 26.2 Å². The molecule has 0 atom stereocenters. The van der Waals surface area contributed by atoms with Gasteiger partial charge in [0.15, 0.2) is 0 Å². The summed E-state index contributed by atoms with van der Waals surface area (Å²) in [5.74, 6) is -1.47. The lowest BCUT2D eigenvalue weighted by atomic mass is 10.1. The Morgan fingerprint density at radius 2 is 1.80 bits per heavy atom. The van der Waals surface area contributed by atoms with Crippen molar-refractivity contribution in [2.24, 2.45) is 0 Å². The molecule has 15 heavy (non-hydrogen) atoms. The zero-order valence-electron chi connectivity index (χ0n) is 8.98. The van der Waals surface area contributed by atoms with Crippen LogP contribution >= 0.6 is 0 Å². The fraction of sp³-hybridized carbons (Fsp3) is 0.364. The van der Waals surface area contributed by atoms with E-state index < -0.39 is 5.79 Å². The van der Waals surface area contributed by atoms with Crippen LogP contribution in [0.4, 0.5) is 5.69 Å². The first-order valence-electron chi connectivity index (χ1n) is 4.65. The molecule has 1 aromatic carbocycles. The molecule has 0 aliphatic carbocycles. The number of hydrogen-bond acceptors (Lipinski definition) is 3. The van der Waals surface area contributed by atoms with Crippen LogP contribution in [0.2, 0.25) is 0 Å². The van der Waals surface area contributed by atoms with E-state index in [1.54, 1.807) is 11.9 Å². The molecule has 1 heterocycles. The van der Waals surface area contributed by atoms with Gasteiger partial charge in [-0.25, -0.2) is 0 Å². The van der Waals surface area contributed by atoms with Crippen molar-refractivity contribution in [3.63, 3.8) is 0 Å². The third kappa shape index (κ3) is 1.12. The van der Waals surface area contributed by atoms with Crippen LogP contribution in [-0.4, -0.2) is 27.2 Å². The summed E-state index contributed by atoms with van der Waals surface area (Å²) in [6.07, 6.45) is 0. The lowest BCUT2D eigenvalue weighted by Crippen LogP contribution is -2.41. The van der Waals surface area contributed by atoms with Crippen molar-refractivity contribution in [2.45, 2.75) is 5.79 Å². The Morgan fingerprint density at radius 3 is 2.40 bits per heavy atom. The molecule has 0 aromatic heterocycles. The minimum atomic E-state index is -1.27. The standard InChI is InChI=1S/C11H13NO3/c1-12-9-7-5-4-6-8(9)11(14-2,15-3)10(12)13/h4-7H,1-3H3. The number of ether oxygens (including phenoxy) is 2. The van der Waals surface area contributed by atoms with Crippen LogP contribution in [0.3, 0.4) is 0 Å². The van der Waals surface area contributed by atoms with Crippen molar-refractivity contribution >= 4 is 11.6 Å². The lowest BCUT2D eigenvalue weighted by Gasteiger charge is -2.24. The number of anilines is 1. The number of amides is 1. The Balaban J connectivity index is 2.65. The average Bonchev–Trinajstić information content (AvgIpc) is 2.51. The van der Waals surface area contributed by atoms with E-state index in [9.17, 15) is 4.79 Å². The van der Waals surface area contributed by atoms with E-state index in [2.05, 4.69) is 0 Å². The van der Waals surface area contributed by atoms with Crippen molar-refractivity contribution in [3.8, 4) is 0 Å². The monoisotopic (exact) mass is 207 g/mol. The van der Waals surface area contributed by atoms with Gasteiger partial charge in [-0.1, -0.05) is 18.2 Å². The second-order valence-corrected chi connectivity index (χ2v) is 3.41. The minimum absolute atomic E-state index is 0.200. The van der Waals surface area contributed by atoms with Crippen LogP contribution in [0.1, 0.15) is 5.56 Å². The van der Waals surface area contributed by atoms with Gasteiger partial charge in [0.25, 0.3) is 11.7 Å². The van der Waals surface area contributed by atoms with Crippen LogP contribution < -0.4 is 4.90 Å². The molecule has 80 valence electrons. The number of benzene rings is 1. The number of methoxy groups -OCH3 is 2. The highest BCUT2D eigenvalue weighted by atomic mass is 16.7. The number of hydrogen-bond donors (Lipinski definition) is 0. The quantitative estimate of drug-likeness (QED) is 0.682. The summed E-state index contributed by atoms with van der Waals surface area (Å²) in [5.41, 5.74) is 1.58. The molecule has 0 radical (unpaired) electrons. The summed E-state index contributed by atoms with van der Waals surface area (Å²) in [5, 5.41) is 0. The van der Waals surface area contributed by atoms with Gasteiger partial charge in [-0.2, -0.15) is 0 Å². The Kier molecular flexibility index (Phi) is 2.25. The molecule has 0 unspecified atom stereocenters. The van der Waals surface area contributed by atoms with E-state index in [0.717, 1.165) is 11.3 Å².